The van der Waals surface area contributed by atoms with Crippen molar-refractivity contribution in [2.75, 3.05) is 26.3 Å². The van der Waals surface area contributed by atoms with E-state index in [4.69, 9.17) is 9.73 Å². The van der Waals surface area contributed by atoms with Crippen LogP contribution in [-0.2, 0) is 11.2 Å². The van der Waals surface area contributed by atoms with Crippen LogP contribution in [0, 0.1) is 0 Å². The number of nitrogens with zero attached hydrogens (tertiary/aromatic N) is 5. The second-order valence-corrected chi connectivity index (χ2v) is 6.47. The Hall–Kier alpha value is -3.32. The van der Waals surface area contributed by atoms with Crippen LogP contribution in [0.15, 0.2) is 65.2 Å². The SMILES string of the molecule is C=NC(=Nc1c(-c2cccnc2)c[nH]c1Cc1ccncc1)N1CCOCC1. The van der Waals surface area contributed by atoms with Crippen LogP contribution < -0.4 is 0 Å². The number of pyridine rings is 2. The molecule has 3 aromatic heterocycles. The number of nitrogens with one attached hydrogen (secondary N) is 1. The summed E-state index contributed by atoms with van der Waals surface area (Å²) in [5.74, 6) is 0.615. The maximum absolute atomic E-state index is 5.45. The molecule has 0 radical (unpaired) electrons. The third-order valence-electron chi connectivity index (χ3n) is 4.68. The number of aliphatic imine (C=N–C) groups is 2. The Bertz CT molecular complexity index is 946. The van der Waals surface area contributed by atoms with Crippen molar-refractivity contribution in [3.8, 4) is 11.1 Å². The highest BCUT2D eigenvalue weighted by Gasteiger charge is 2.18. The van der Waals surface area contributed by atoms with E-state index in [1.807, 2.05) is 36.7 Å². The molecule has 1 fully saturated rings. The maximum atomic E-state index is 5.45. The lowest BCUT2D eigenvalue weighted by atomic mass is 10.1. The van der Waals surface area contributed by atoms with Gasteiger partial charge >= 0.3 is 0 Å². The molecule has 0 amide bonds. The summed E-state index contributed by atoms with van der Waals surface area (Å²) in [5.41, 5.74) is 5.03. The molecule has 0 spiro atoms. The minimum atomic E-state index is 0.615. The normalized spacial score (nSPS) is 14.9. The van der Waals surface area contributed by atoms with E-state index in [0.29, 0.717) is 19.2 Å². The lowest BCUT2D eigenvalue weighted by molar-refractivity contribution is 0.0676. The van der Waals surface area contributed by atoms with Gasteiger partial charge in [-0.25, -0.2) is 9.98 Å². The average Bonchev–Trinajstić information content (AvgIpc) is 3.16. The monoisotopic (exact) mass is 374 g/mol. The number of aromatic amines is 1. The van der Waals surface area contributed by atoms with E-state index < -0.39 is 0 Å². The number of H-pyrrole nitrogens is 1. The van der Waals surface area contributed by atoms with Crippen molar-refractivity contribution in [1.29, 1.82) is 0 Å². The van der Waals surface area contributed by atoms with Crippen LogP contribution in [0.25, 0.3) is 11.1 Å². The molecule has 0 bridgehead atoms. The number of aromatic nitrogens is 3. The fourth-order valence-corrected chi connectivity index (χ4v) is 3.24. The number of guanidine groups is 1. The van der Waals surface area contributed by atoms with E-state index in [0.717, 1.165) is 47.6 Å². The molecule has 0 aliphatic carbocycles. The zero-order valence-electron chi connectivity index (χ0n) is 15.6. The lowest BCUT2D eigenvalue weighted by Crippen LogP contribution is -2.39. The average molecular weight is 374 g/mol. The van der Waals surface area contributed by atoms with Crippen molar-refractivity contribution in [2.45, 2.75) is 6.42 Å². The highest BCUT2D eigenvalue weighted by molar-refractivity contribution is 5.90. The molecule has 0 saturated carbocycles. The van der Waals surface area contributed by atoms with Crippen LogP contribution >= 0.6 is 0 Å². The first-order valence-corrected chi connectivity index (χ1v) is 9.23. The topological polar surface area (TPSA) is 78.8 Å². The summed E-state index contributed by atoms with van der Waals surface area (Å²) < 4.78 is 5.45. The Morgan fingerprint density at radius 2 is 1.96 bits per heavy atom. The van der Waals surface area contributed by atoms with Crippen molar-refractivity contribution in [3.63, 3.8) is 0 Å². The van der Waals surface area contributed by atoms with Gasteiger partial charge in [0.2, 0.25) is 5.96 Å². The maximum Gasteiger partial charge on any atom is 0.225 e. The molecule has 1 N–H and O–H groups in total. The van der Waals surface area contributed by atoms with E-state index in [-0.39, 0.29) is 0 Å². The number of rotatable bonds is 4. The Morgan fingerprint density at radius 1 is 1.14 bits per heavy atom. The molecule has 28 heavy (non-hydrogen) atoms. The highest BCUT2D eigenvalue weighted by atomic mass is 16.5. The van der Waals surface area contributed by atoms with E-state index in [1.54, 1.807) is 18.6 Å². The van der Waals surface area contributed by atoms with Gasteiger partial charge in [-0.2, -0.15) is 0 Å². The summed E-state index contributed by atoms with van der Waals surface area (Å²) in [6.07, 6.45) is 9.90. The Labute approximate surface area is 163 Å². The largest absolute Gasteiger partial charge is 0.378 e. The van der Waals surface area contributed by atoms with Crippen molar-refractivity contribution >= 4 is 18.4 Å². The summed E-state index contributed by atoms with van der Waals surface area (Å²) in [6.45, 7) is 6.58. The summed E-state index contributed by atoms with van der Waals surface area (Å²) in [5, 5.41) is 0. The standard InChI is InChI=1S/C21H22N6O/c1-22-21(27-9-11-28-12-10-27)26-20-18(17-3-2-6-24-14-17)15-25-19(20)13-16-4-7-23-8-5-16/h2-8,14-15,25H,1,9-13H2. The summed E-state index contributed by atoms with van der Waals surface area (Å²) in [7, 11) is 0. The summed E-state index contributed by atoms with van der Waals surface area (Å²) in [6, 6.07) is 7.97. The molecule has 0 unspecified atom stereocenters. The molecule has 1 saturated heterocycles. The predicted octanol–water partition coefficient (Wildman–Crippen LogP) is 3.08. The fraction of sp³-hybridized carbons (Fsp3) is 0.238. The molecular formula is C21H22N6O. The van der Waals surface area contributed by atoms with Gasteiger partial charge in [0.15, 0.2) is 0 Å². The first kappa shape index (κ1) is 18.1. The van der Waals surface area contributed by atoms with Gasteiger partial charge < -0.3 is 14.6 Å². The molecule has 0 atom stereocenters. The van der Waals surface area contributed by atoms with Gasteiger partial charge in [-0.15, -0.1) is 0 Å². The molecule has 7 heteroatoms. The van der Waals surface area contributed by atoms with Gasteiger partial charge in [-0.3, -0.25) is 9.97 Å². The first-order valence-electron chi connectivity index (χ1n) is 9.23. The zero-order valence-corrected chi connectivity index (χ0v) is 15.6. The molecule has 3 aromatic rings. The Balaban J connectivity index is 1.76. The lowest BCUT2D eigenvalue weighted by Gasteiger charge is -2.27. The van der Waals surface area contributed by atoms with Crippen LogP contribution in [0.1, 0.15) is 11.3 Å². The number of morpholine rings is 1. The molecule has 1 aliphatic rings. The third-order valence-corrected chi connectivity index (χ3v) is 4.68. The minimum Gasteiger partial charge on any atom is -0.378 e. The number of ether oxygens (including phenoxy) is 1. The van der Waals surface area contributed by atoms with Crippen molar-refractivity contribution in [3.05, 3.63) is 66.5 Å². The number of hydrogen-bond acceptors (Lipinski definition) is 4. The Morgan fingerprint density at radius 3 is 2.68 bits per heavy atom. The van der Waals surface area contributed by atoms with Crippen LogP contribution in [0.2, 0.25) is 0 Å². The van der Waals surface area contributed by atoms with E-state index in [1.165, 1.54) is 0 Å². The van der Waals surface area contributed by atoms with Gasteiger partial charge in [0.1, 0.15) is 0 Å². The van der Waals surface area contributed by atoms with Crippen LogP contribution in [0.4, 0.5) is 5.69 Å². The van der Waals surface area contributed by atoms with Crippen LogP contribution in [-0.4, -0.2) is 58.8 Å². The first-order chi connectivity index (χ1) is 13.8. The smallest absolute Gasteiger partial charge is 0.225 e. The predicted molar refractivity (Wildman–Crippen MR) is 110 cm³/mol. The van der Waals surface area contributed by atoms with Crippen molar-refractivity contribution in [2.24, 2.45) is 9.98 Å². The van der Waals surface area contributed by atoms with E-state index >= 15 is 0 Å². The van der Waals surface area contributed by atoms with Gasteiger partial charge in [0.25, 0.3) is 0 Å². The van der Waals surface area contributed by atoms with Gasteiger partial charge in [-0.1, -0.05) is 6.07 Å². The summed E-state index contributed by atoms with van der Waals surface area (Å²) in [4.78, 5) is 23.0. The van der Waals surface area contributed by atoms with Gasteiger partial charge in [-0.05, 0) is 30.5 Å². The van der Waals surface area contributed by atoms with Crippen molar-refractivity contribution in [1.82, 2.24) is 19.9 Å². The Kier molecular flexibility index (Phi) is 5.53. The summed E-state index contributed by atoms with van der Waals surface area (Å²) >= 11 is 0. The molecule has 142 valence electrons. The van der Waals surface area contributed by atoms with Crippen molar-refractivity contribution < 1.29 is 4.74 Å². The molecule has 7 nitrogen and oxygen atoms in total. The fourth-order valence-electron chi connectivity index (χ4n) is 3.24. The molecule has 4 rings (SSSR count). The van der Waals surface area contributed by atoms with Gasteiger partial charge in [0.05, 0.1) is 18.9 Å². The minimum absolute atomic E-state index is 0.615. The number of hydrogen-bond donors (Lipinski definition) is 1. The highest BCUT2D eigenvalue weighted by Crippen LogP contribution is 2.35. The molecule has 1 aliphatic heterocycles. The quantitative estimate of drug-likeness (QED) is 0.562. The third kappa shape index (κ3) is 3.99. The zero-order chi connectivity index (χ0) is 19.2. The second-order valence-electron chi connectivity index (χ2n) is 6.47. The molecule has 4 heterocycles. The van der Waals surface area contributed by atoms with Gasteiger partial charge in [0, 0.05) is 67.3 Å². The van der Waals surface area contributed by atoms with Crippen LogP contribution in [0.3, 0.4) is 0 Å². The molecule has 0 aromatic carbocycles. The van der Waals surface area contributed by atoms with Crippen LogP contribution in [0.5, 0.6) is 0 Å². The second kappa shape index (κ2) is 8.58. The van der Waals surface area contributed by atoms with E-state index in [9.17, 15) is 0 Å². The molecular weight excluding hydrogens is 352 g/mol. The van der Waals surface area contributed by atoms with E-state index in [2.05, 4.69) is 31.6 Å².